The molecule has 1 aromatic heterocycles. The first-order chi connectivity index (χ1) is 18.6. The summed E-state index contributed by atoms with van der Waals surface area (Å²) < 4.78 is 31.1. The Kier molecular flexibility index (Phi) is 6.70. The summed E-state index contributed by atoms with van der Waals surface area (Å²) in [6.07, 6.45) is 6.15. The maximum Gasteiger partial charge on any atom is 0.244 e. The van der Waals surface area contributed by atoms with Gasteiger partial charge in [0.05, 0.1) is 32.4 Å². The maximum atomic E-state index is 13.8. The van der Waals surface area contributed by atoms with Gasteiger partial charge in [-0.3, -0.25) is 0 Å². The largest absolute Gasteiger partial charge is 0.320 e. The molecule has 4 heterocycles. The van der Waals surface area contributed by atoms with Gasteiger partial charge in [0.1, 0.15) is 5.84 Å². The van der Waals surface area contributed by atoms with Crippen LogP contribution in [0.2, 0.25) is 10.0 Å². The highest BCUT2D eigenvalue weighted by atomic mass is 35.5. The van der Waals surface area contributed by atoms with Crippen molar-refractivity contribution in [2.75, 3.05) is 13.1 Å². The topological polar surface area (TPSA) is 70.8 Å². The van der Waals surface area contributed by atoms with Gasteiger partial charge >= 0.3 is 0 Å². The highest BCUT2D eigenvalue weighted by Gasteiger charge is 2.39. The number of rotatable bonds is 4. The van der Waals surface area contributed by atoms with Crippen LogP contribution in [-0.2, 0) is 10.0 Å². The molecule has 0 radical (unpaired) electrons. The number of aromatic nitrogens is 2. The lowest BCUT2D eigenvalue weighted by Gasteiger charge is -2.38. The van der Waals surface area contributed by atoms with Crippen LogP contribution in [0.1, 0.15) is 43.1 Å². The molecule has 0 saturated carbocycles. The zero-order valence-corrected chi connectivity index (χ0v) is 24.2. The third kappa shape index (κ3) is 4.63. The summed E-state index contributed by atoms with van der Waals surface area (Å²) in [6.45, 7) is 7.19. The van der Waals surface area contributed by atoms with Gasteiger partial charge in [-0.1, -0.05) is 61.3 Å². The summed E-state index contributed by atoms with van der Waals surface area (Å²) in [5.74, 6) is 1.93. The lowest BCUT2D eigenvalue weighted by atomic mass is 9.94. The van der Waals surface area contributed by atoms with Crippen molar-refractivity contribution < 1.29 is 8.42 Å². The Hall–Kier alpha value is -2.91. The van der Waals surface area contributed by atoms with Crippen LogP contribution in [0, 0.1) is 18.8 Å². The minimum absolute atomic E-state index is 0.240. The third-order valence-electron chi connectivity index (χ3n) is 7.51. The minimum atomic E-state index is -3.70. The molecule has 39 heavy (non-hydrogen) atoms. The number of fused-ring (bicyclic) bond motifs is 2. The molecule has 3 aliphatic rings. The van der Waals surface area contributed by atoms with Crippen LogP contribution in [0.3, 0.4) is 0 Å². The lowest BCUT2D eigenvalue weighted by molar-refractivity contribution is 0.224. The Bertz CT molecular complexity index is 1640. The molecule has 0 spiro atoms. The first kappa shape index (κ1) is 26.3. The minimum Gasteiger partial charge on any atom is -0.320 e. The highest BCUT2D eigenvalue weighted by molar-refractivity contribution is 7.93. The van der Waals surface area contributed by atoms with Crippen LogP contribution in [0.15, 0.2) is 76.8 Å². The second-order valence-corrected chi connectivity index (χ2v) is 13.4. The van der Waals surface area contributed by atoms with Gasteiger partial charge < -0.3 is 4.90 Å². The second-order valence-electron chi connectivity index (χ2n) is 10.7. The number of piperidine rings is 1. The molecule has 202 valence electrons. The molecule has 6 rings (SSSR count). The normalized spacial score (nSPS) is 23.2. The summed E-state index contributed by atoms with van der Waals surface area (Å²) in [6, 6.07) is 14.9. The number of sulfonamides is 1. The molecule has 1 fully saturated rings. The van der Waals surface area contributed by atoms with Gasteiger partial charge in [-0.05, 0) is 67.2 Å². The summed E-state index contributed by atoms with van der Waals surface area (Å²) in [4.78, 5) is 7.13. The van der Waals surface area contributed by atoms with Crippen LogP contribution in [0.25, 0.3) is 5.69 Å². The zero-order valence-electron chi connectivity index (χ0n) is 21.9. The molecule has 1 saturated heterocycles. The fourth-order valence-corrected chi connectivity index (χ4v) is 7.85. The number of hydrogen-bond donors (Lipinski definition) is 0. The molecule has 7 nitrogen and oxygen atoms in total. The Morgan fingerprint density at radius 3 is 2.36 bits per heavy atom. The predicted molar refractivity (Wildman–Crippen MR) is 156 cm³/mol. The SMILES string of the molecule is Cc1nn(-c2ccccc2)c2c1[C@H](c1ccc(Cl)c(Cl)c1)N1C=C(S(=O)(=O)N3C[C@@H](C)C[C@H](C)C3)C=CC1=N2. The monoisotopic (exact) mass is 581 g/mol. The van der Waals surface area contributed by atoms with Gasteiger partial charge in [0, 0.05) is 24.9 Å². The molecule has 3 aliphatic heterocycles. The molecule has 0 bridgehead atoms. The van der Waals surface area contributed by atoms with E-state index < -0.39 is 16.1 Å². The standard InChI is InChI=1S/C29H29Cl2N5O2S/c1-18-13-19(2)16-34(15-18)39(37,38)23-10-12-26-32-29-27(20(3)33-36(29)22-7-5-4-6-8-22)28(35(26)17-23)21-9-11-24(30)25(31)14-21/h4-12,14,17-19,28H,13,15-16H2,1-3H3/t18-,19-,28-/m0/s1. The van der Waals surface area contributed by atoms with Crippen LogP contribution >= 0.6 is 23.2 Å². The number of amidine groups is 1. The molecule has 3 aromatic rings. The van der Waals surface area contributed by atoms with Crippen LogP contribution in [0.5, 0.6) is 0 Å². The summed E-state index contributed by atoms with van der Waals surface area (Å²) in [7, 11) is -3.70. The van der Waals surface area contributed by atoms with Crippen molar-refractivity contribution in [3.05, 3.63) is 98.7 Å². The maximum absolute atomic E-state index is 13.8. The molecule has 2 aromatic carbocycles. The van der Waals surface area contributed by atoms with Crippen molar-refractivity contribution in [3.8, 4) is 5.69 Å². The van der Waals surface area contributed by atoms with Gasteiger partial charge in [0.15, 0.2) is 5.82 Å². The van der Waals surface area contributed by atoms with Crippen LogP contribution in [-0.4, -0.2) is 46.3 Å². The van der Waals surface area contributed by atoms with Crippen molar-refractivity contribution in [2.24, 2.45) is 16.8 Å². The molecular formula is C29H29Cl2N5O2S. The Balaban J connectivity index is 1.50. The van der Waals surface area contributed by atoms with E-state index in [4.69, 9.17) is 33.3 Å². The average Bonchev–Trinajstić information content (AvgIpc) is 3.24. The van der Waals surface area contributed by atoms with Crippen molar-refractivity contribution in [3.63, 3.8) is 0 Å². The van der Waals surface area contributed by atoms with Crippen molar-refractivity contribution in [1.82, 2.24) is 19.0 Å². The van der Waals surface area contributed by atoms with Gasteiger partial charge in [0.2, 0.25) is 10.0 Å². The number of allylic oxidation sites excluding steroid dienone is 1. The van der Waals surface area contributed by atoms with E-state index in [-0.39, 0.29) is 4.91 Å². The summed E-state index contributed by atoms with van der Waals surface area (Å²) >= 11 is 12.7. The van der Waals surface area contributed by atoms with E-state index >= 15 is 0 Å². The van der Waals surface area contributed by atoms with E-state index in [1.54, 1.807) is 28.7 Å². The fourth-order valence-electron chi connectivity index (χ4n) is 5.86. The van der Waals surface area contributed by atoms with E-state index in [0.717, 1.165) is 28.9 Å². The van der Waals surface area contributed by atoms with Gasteiger partial charge in [-0.25, -0.2) is 18.1 Å². The molecule has 0 amide bonds. The molecule has 3 atom stereocenters. The molecular weight excluding hydrogens is 553 g/mol. The third-order valence-corrected chi connectivity index (χ3v) is 10.1. The van der Waals surface area contributed by atoms with E-state index in [1.807, 2.05) is 59.0 Å². The molecule has 0 aliphatic carbocycles. The highest BCUT2D eigenvalue weighted by Crippen LogP contribution is 2.45. The molecule has 10 heteroatoms. The summed E-state index contributed by atoms with van der Waals surface area (Å²) in [5.41, 5.74) is 3.42. The van der Waals surface area contributed by atoms with Crippen molar-refractivity contribution in [2.45, 2.75) is 33.2 Å². The zero-order chi connectivity index (χ0) is 27.5. The second kappa shape index (κ2) is 9.93. The first-order valence-electron chi connectivity index (χ1n) is 13.0. The lowest BCUT2D eigenvalue weighted by Crippen LogP contribution is -2.44. The van der Waals surface area contributed by atoms with Crippen molar-refractivity contribution in [1.29, 1.82) is 0 Å². The number of hydrogen-bond acceptors (Lipinski definition) is 5. The van der Waals surface area contributed by atoms with Gasteiger partial charge in [0.25, 0.3) is 0 Å². The number of aliphatic imine (C=N–C) groups is 1. The number of aryl methyl sites for hydroxylation is 1. The number of halogens is 2. The number of nitrogens with zero attached hydrogens (tertiary/aromatic N) is 5. The Morgan fingerprint density at radius 2 is 1.67 bits per heavy atom. The predicted octanol–water partition coefficient (Wildman–Crippen LogP) is 6.64. The van der Waals surface area contributed by atoms with Gasteiger partial charge in [-0.2, -0.15) is 9.40 Å². The fraction of sp³-hybridized carbons (Fsp3) is 0.310. The Morgan fingerprint density at radius 1 is 0.949 bits per heavy atom. The van der Waals surface area contributed by atoms with Gasteiger partial charge in [-0.15, -0.1) is 0 Å². The van der Waals surface area contributed by atoms with E-state index in [9.17, 15) is 8.42 Å². The Labute approximate surface area is 239 Å². The van der Waals surface area contributed by atoms with E-state index in [0.29, 0.717) is 46.6 Å². The first-order valence-corrected chi connectivity index (χ1v) is 15.2. The molecule has 0 unspecified atom stereocenters. The van der Waals surface area contributed by atoms with Crippen molar-refractivity contribution >= 4 is 44.9 Å². The number of para-hydroxylation sites is 1. The van der Waals surface area contributed by atoms with Crippen LogP contribution in [0.4, 0.5) is 5.82 Å². The number of benzene rings is 2. The average molecular weight is 583 g/mol. The van der Waals surface area contributed by atoms with E-state index in [2.05, 4.69) is 13.8 Å². The summed E-state index contributed by atoms with van der Waals surface area (Å²) in [5, 5.41) is 5.72. The molecule has 0 N–H and O–H groups in total. The van der Waals surface area contributed by atoms with Crippen LogP contribution < -0.4 is 0 Å². The quantitative estimate of drug-likeness (QED) is 0.346. The smallest absolute Gasteiger partial charge is 0.244 e. The van der Waals surface area contributed by atoms with E-state index in [1.165, 1.54) is 0 Å².